The Morgan fingerprint density at radius 3 is 1.67 bits per heavy atom. The van der Waals surface area contributed by atoms with Crippen molar-refractivity contribution in [3.8, 4) is 11.1 Å². The third-order valence-corrected chi connectivity index (χ3v) is 15.2. The van der Waals surface area contributed by atoms with Crippen LogP contribution in [0.25, 0.3) is 26.8 Å². The monoisotopic (exact) mass is 848 g/mol. The molecule has 0 saturated carbocycles. The lowest BCUT2D eigenvalue weighted by Crippen LogP contribution is -2.61. The summed E-state index contributed by atoms with van der Waals surface area (Å²) in [7, 11) is 0. The molecule has 7 aromatic carbocycles. The highest BCUT2D eigenvalue weighted by molar-refractivity contribution is 7.19. The van der Waals surface area contributed by atoms with E-state index in [-0.39, 0.29) is 23.0 Å². The van der Waals surface area contributed by atoms with E-state index in [2.05, 4.69) is 230 Å². The second-order valence-corrected chi connectivity index (χ2v) is 22.5. The highest BCUT2D eigenvalue weighted by Crippen LogP contribution is 2.48. The van der Waals surface area contributed by atoms with Crippen LogP contribution in [0.15, 0.2) is 158 Å². The standard InChI is InChI=1S/C60H57BN2S/c1-58(2,3)41-27-33-50-49(34-41)61-48-32-26-42(59(4,5)6)35-51(48)63(45-28-22-39(23-29-45)38-16-11-10-12-17-38)53-37-43(60(7,8)9)36-52(57(53)61)62(50)44-30-24-40(25-31-44)46-19-15-21-55-56(46)47-18-13-14-20-54(47)64-55/h10-14,16-20,22-37H,15,21H2,1-9H3. The zero-order valence-corrected chi connectivity index (χ0v) is 39.6. The Hall–Kier alpha value is -6.10. The van der Waals surface area contributed by atoms with E-state index >= 15 is 0 Å². The first-order chi connectivity index (χ1) is 30.6. The van der Waals surface area contributed by atoms with Crippen LogP contribution in [0.4, 0.5) is 34.1 Å². The third-order valence-electron chi connectivity index (χ3n) is 14.0. The summed E-state index contributed by atoms with van der Waals surface area (Å²) in [4.78, 5) is 6.68. The van der Waals surface area contributed by atoms with Crippen LogP contribution < -0.4 is 26.2 Å². The highest BCUT2D eigenvalue weighted by Gasteiger charge is 2.45. The zero-order valence-electron chi connectivity index (χ0n) is 38.8. The van der Waals surface area contributed by atoms with Gasteiger partial charge in [-0.15, -0.1) is 11.3 Å². The first kappa shape index (κ1) is 40.7. The van der Waals surface area contributed by atoms with Crippen LogP contribution in [0, 0.1) is 0 Å². The lowest BCUT2D eigenvalue weighted by atomic mass is 9.33. The molecular weight excluding hydrogens is 792 g/mol. The van der Waals surface area contributed by atoms with E-state index in [0.717, 1.165) is 12.8 Å². The fourth-order valence-corrected chi connectivity index (χ4v) is 11.7. The van der Waals surface area contributed by atoms with E-state index in [0.29, 0.717) is 0 Å². The smallest absolute Gasteiger partial charge is 0.252 e. The maximum atomic E-state index is 2.59. The molecule has 4 heteroatoms. The minimum absolute atomic E-state index is 0.0147. The Balaban J connectivity index is 1.15. The van der Waals surface area contributed by atoms with Crippen molar-refractivity contribution in [3.05, 3.63) is 190 Å². The number of nitrogens with zero attached hydrogens (tertiary/aromatic N) is 2. The van der Waals surface area contributed by atoms with Gasteiger partial charge in [0.15, 0.2) is 0 Å². The van der Waals surface area contributed by atoms with Crippen molar-refractivity contribution in [2.24, 2.45) is 0 Å². The van der Waals surface area contributed by atoms with Crippen LogP contribution in [0.3, 0.4) is 0 Å². The van der Waals surface area contributed by atoms with Crippen molar-refractivity contribution in [1.29, 1.82) is 0 Å². The molecule has 8 aromatic rings. The minimum Gasteiger partial charge on any atom is -0.311 e. The molecule has 316 valence electrons. The van der Waals surface area contributed by atoms with E-state index in [1.165, 1.54) is 110 Å². The summed E-state index contributed by atoms with van der Waals surface area (Å²) >= 11 is 1.97. The average Bonchev–Trinajstić information content (AvgIpc) is 3.67. The summed E-state index contributed by atoms with van der Waals surface area (Å²) in [5.41, 5.74) is 21.9. The molecule has 0 spiro atoms. The summed E-state index contributed by atoms with van der Waals surface area (Å²) in [6.45, 7) is 21.2. The molecule has 0 atom stereocenters. The van der Waals surface area contributed by atoms with Crippen molar-refractivity contribution >= 4 is 84.2 Å². The van der Waals surface area contributed by atoms with Gasteiger partial charge in [0.05, 0.1) is 0 Å². The molecule has 0 amide bonds. The molecule has 3 heterocycles. The number of rotatable bonds is 4. The van der Waals surface area contributed by atoms with Crippen LogP contribution in [0.2, 0.25) is 0 Å². The summed E-state index contributed by atoms with van der Waals surface area (Å²) in [6, 6.07) is 58.2. The van der Waals surface area contributed by atoms with Gasteiger partial charge in [-0.1, -0.05) is 165 Å². The molecule has 64 heavy (non-hydrogen) atoms. The molecule has 2 nitrogen and oxygen atoms in total. The van der Waals surface area contributed by atoms with E-state index in [4.69, 9.17) is 0 Å². The number of aryl methyl sites for hydroxylation is 1. The number of fused-ring (bicyclic) bond motifs is 7. The van der Waals surface area contributed by atoms with Gasteiger partial charge in [-0.3, -0.25) is 0 Å². The van der Waals surface area contributed by atoms with E-state index in [9.17, 15) is 0 Å². The summed E-state index contributed by atoms with van der Waals surface area (Å²) in [5, 5.41) is 1.38. The van der Waals surface area contributed by atoms with Crippen LogP contribution in [-0.4, -0.2) is 6.71 Å². The van der Waals surface area contributed by atoms with Gasteiger partial charge in [0.2, 0.25) is 0 Å². The molecule has 1 aromatic heterocycles. The SMILES string of the molecule is CC(C)(C)c1ccc2c(c1)B1c3ccc(C(C)(C)C)cc3N(c3ccc(-c4ccccc4)cc3)c3cc(C(C)(C)C)cc(c31)N2c1ccc(C2=CCCc3sc4ccccc4c32)cc1. The van der Waals surface area contributed by atoms with Gasteiger partial charge in [-0.05, 0) is 139 Å². The molecule has 0 N–H and O–H groups in total. The predicted octanol–water partition coefficient (Wildman–Crippen LogP) is 14.9. The van der Waals surface area contributed by atoms with E-state index in [1.54, 1.807) is 0 Å². The van der Waals surface area contributed by atoms with Crippen molar-refractivity contribution in [1.82, 2.24) is 0 Å². The number of thiophene rings is 1. The fourth-order valence-electron chi connectivity index (χ4n) is 10.4. The maximum Gasteiger partial charge on any atom is 0.252 e. The zero-order chi connectivity index (χ0) is 44.3. The maximum absolute atomic E-state index is 2.59. The van der Waals surface area contributed by atoms with Crippen molar-refractivity contribution < 1.29 is 0 Å². The largest absolute Gasteiger partial charge is 0.311 e. The lowest BCUT2D eigenvalue weighted by molar-refractivity contribution is 0.589. The Morgan fingerprint density at radius 2 is 1.02 bits per heavy atom. The summed E-state index contributed by atoms with van der Waals surface area (Å²) in [5.74, 6) is 0. The second-order valence-electron chi connectivity index (χ2n) is 21.3. The van der Waals surface area contributed by atoms with Gasteiger partial charge >= 0.3 is 0 Å². The third kappa shape index (κ3) is 6.67. The average molecular weight is 849 g/mol. The predicted molar refractivity (Wildman–Crippen MR) is 279 cm³/mol. The van der Waals surface area contributed by atoms with Gasteiger partial charge < -0.3 is 9.80 Å². The molecular formula is C60H57BN2S. The molecule has 3 aliphatic rings. The van der Waals surface area contributed by atoms with Gasteiger partial charge in [0, 0.05) is 54.7 Å². The number of benzene rings is 7. The van der Waals surface area contributed by atoms with Gasteiger partial charge in [0.1, 0.15) is 0 Å². The molecule has 0 unspecified atom stereocenters. The minimum atomic E-state index is -0.0994. The van der Waals surface area contributed by atoms with Gasteiger partial charge in [0.25, 0.3) is 6.71 Å². The van der Waals surface area contributed by atoms with Crippen LogP contribution in [-0.2, 0) is 22.7 Å². The van der Waals surface area contributed by atoms with Gasteiger partial charge in [-0.25, -0.2) is 0 Å². The number of allylic oxidation sites excluding steroid dienone is 1. The summed E-state index contributed by atoms with van der Waals surface area (Å²) < 4.78 is 1.38. The first-order valence-corrected chi connectivity index (χ1v) is 24.0. The number of hydrogen-bond donors (Lipinski definition) is 0. The molecule has 0 saturated heterocycles. The molecule has 0 bridgehead atoms. The van der Waals surface area contributed by atoms with Crippen molar-refractivity contribution in [2.75, 3.05) is 9.80 Å². The Kier molecular flexibility index (Phi) is 9.36. The fraction of sp³-hybridized carbons (Fsp3) is 0.233. The molecule has 11 rings (SSSR count). The van der Waals surface area contributed by atoms with Crippen LogP contribution in [0.5, 0.6) is 0 Å². The topological polar surface area (TPSA) is 6.48 Å². The van der Waals surface area contributed by atoms with Crippen molar-refractivity contribution in [2.45, 2.75) is 91.4 Å². The normalized spacial score (nSPS) is 14.5. The number of hydrogen-bond acceptors (Lipinski definition) is 3. The van der Waals surface area contributed by atoms with E-state index in [1.807, 2.05) is 11.3 Å². The first-order valence-electron chi connectivity index (χ1n) is 23.2. The van der Waals surface area contributed by atoms with Crippen LogP contribution in [0.1, 0.15) is 101 Å². The molecule has 0 radical (unpaired) electrons. The summed E-state index contributed by atoms with van der Waals surface area (Å²) in [6.07, 6.45) is 4.66. The number of anilines is 6. The van der Waals surface area contributed by atoms with E-state index < -0.39 is 0 Å². The van der Waals surface area contributed by atoms with Gasteiger partial charge in [-0.2, -0.15) is 0 Å². The molecule has 0 fully saturated rings. The quantitative estimate of drug-likeness (QED) is 0.163. The Labute approximate surface area is 385 Å². The molecule has 1 aliphatic carbocycles. The highest BCUT2D eigenvalue weighted by atomic mass is 32.1. The Bertz CT molecular complexity index is 3150. The lowest BCUT2D eigenvalue weighted by Gasteiger charge is -2.45. The Morgan fingerprint density at radius 1 is 0.469 bits per heavy atom. The molecule has 2 aliphatic heterocycles. The van der Waals surface area contributed by atoms with Crippen molar-refractivity contribution in [3.63, 3.8) is 0 Å². The second kappa shape index (κ2) is 14.7. The van der Waals surface area contributed by atoms with Crippen LogP contribution >= 0.6 is 11.3 Å².